The molecule has 3 aromatic heterocycles. The molecule has 0 unspecified atom stereocenters. The largest absolute Gasteiger partial charge is 0.461 e. The number of amides is 1. The Morgan fingerprint density at radius 1 is 1.19 bits per heavy atom. The molecule has 0 bridgehead atoms. The summed E-state index contributed by atoms with van der Waals surface area (Å²) in [6, 6.07) is 5.91. The zero-order valence-electron chi connectivity index (χ0n) is 28.7. The van der Waals surface area contributed by atoms with Crippen LogP contribution in [0, 0.1) is 35.3 Å². The number of nitrogens with zero attached hydrogens (tertiary/aromatic N) is 9. The second-order valence-electron chi connectivity index (χ2n) is 14.8. The standard InChI is InChI=1S/C36H34ClF3N10O2S/c1-19-43-18-50(46-19)34(51)48-15-35(16-48)6-2-8-47(14-35)32-22-10-24(37)27(21-4-5-25(39)30-26(21)23(12-41)31(42)53-30)28(40)29(22)44-33(45-32)52-17-36-7-3-9-49(36)13-20(38)11-36/h4-5,10,18,20H,2-3,6-9,11,13-17,42H2,1H3/t20-,36+/m1/s1. The molecule has 2 aromatic carbocycles. The third-order valence-corrected chi connectivity index (χ3v) is 12.7. The van der Waals surface area contributed by atoms with Crippen LogP contribution in [0.3, 0.4) is 0 Å². The minimum atomic E-state index is -0.960. The Balaban J connectivity index is 1.12. The number of ether oxygens (including phenoxy) is 1. The summed E-state index contributed by atoms with van der Waals surface area (Å²) in [5.74, 6) is -0.450. The quantitative estimate of drug-likeness (QED) is 0.216. The number of carbonyl (C=O) groups excluding carboxylic acids is 1. The van der Waals surface area contributed by atoms with Gasteiger partial charge in [-0.1, -0.05) is 17.7 Å². The number of nitrogen functional groups attached to an aromatic ring is 1. The number of alkyl halides is 1. The lowest BCUT2D eigenvalue weighted by molar-refractivity contribution is 0.0189. The summed E-state index contributed by atoms with van der Waals surface area (Å²) in [5.41, 5.74) is 5.49. The fraction of sp³-hybridized carbons (Fsp3) is 0.444. The SMILES string of the molecule is Cc1ncn(C(=O)N2CC3(CCCN(c4nc(OC[C@@]56CCCN5C[C@H](F)C6)nc5c(F)c(-c6ccc(F)c7sc(N)c(C#N)c67)c(Cl)cc45)C3)C2)n1. The van der Waals surface area contributed by atoms with E-state index in [0.29, 0.717) is 56.2 Å². The Kier molecular flexibility index (Phi) is 7.99. The van der Waals surface area contributed by atoms with E-state index in [-0.39, 0.29) is 66.4 Å². The lowest BCUT2D eigenvalue weighted by atomic mass is 9.73. The summed E-state index contributed by atoms with van der Waals surface area (Å²) in [5, 5.41) is 14.7. The summed E-state index contributed by atoms with van der Waals surface area (Å²) in [7, 11) is 0. The van der Waals surface area contributed by atoms with Crippen molar-refractivity contribution in [1.82, 2.24) is 34.5 Å². The number of benzene rings is 2. The number of anilines is 2. The Hall–Kier alpha value is -4.72. The number of nitrogens with two attached hydrogens (primary N) is 1. The maximum Gasteiger partial charge on any atom is 0.346 e. The van der Waals surface area contributed by atoms with Crippen LogP contribution in [0.2, 0.25) is 5.02 Å². The molecule has 2 N–H and O–H groups in total. The summed E-state index contributed by atoms with van der Waals surface area (Å²) in [6.45, 7) is 5.12. The van der Waals surface area contributed by atoms with Gasteiger partial charge in [0.2, 0.25) is 0 Å². The van der Waals surface area contributed by atoms with E-state index >= 15 is 4.39 Å². The van der Waals surface area contributed by atoms with Crippen molar-refractivity contribution in [1.29, 1.82) is 5.26 Å². The number of carbonyl (C=O) groups is 1. The van der Waals surface area contributed by atoms with Crippen molar-refractivity contribution in [2.75, 3.05) is 56.5 Å². The molecule has 2 atom stereocenters. The van der Waals surface area contributed by atoms with E-state index in [2.05, 4.69) is 24.9 Å². The molecule has 1 amide bonds. The summed E-state index contributed by atoms with van der Waals surface area (Å²) >= 11 is 7.83. The zero-order chi connectivity index (χ0) is 36.8. The van der Waals surface area contributed by atoms with Crippen molar-refractivity contribution in [2.45, 2.75) is 50.7 Å². The van der Waals surface area contributed by atoms with Crippen molar-refractivity contribution in [3.8, 4) is 23.2 Å². The second kappa shape index (κ2) is 12.4. The van der Waals surface area contributed by atoms with Gasteiger partial charge in [0.05, 0.1) is 20.8 Å². The molecule has 53 heavy (non-hydrogen) atoms. The predicted molar refractivity (Wildman–Crippen MR) is 194 cm³/mol. The van der Waals surface area contributed by atoms with E-state index in [9.17, 15) is 18.8 Å². The molecule has 1 spiro atoms. The fourth-order valence-corrected chi connectivity index (χ4v) is 10.2. The highest BCUT2D eigenvalue weighted by Gasteiger charge is 2.50. The molecule has 7 heterocycles. The topological polar surface area (TPSA) is 142 Å². The van der Waals surface area contributed by atoms with Crippen LogP contribution in [0.25, 0.3) is 32.1 Å². The highest BCUT2D eigenvalue weighted by atomic mass is 35.5. The van der Waals surface area contributed by atoms with Gasteiger partial charge in [0.1, 0.15) is 53.2 Å². The van der Waals surface area contributed by atoms with Crippen molar-refractivity contribution in [3.63, 3.8) is 0 Å². The fourth-order valence-electron chi connectivity index (χ4n) is 9.00. The van der Waals surface area contributed by atoms with E-state index in [0.717, 1.165) is 43.6 Å². The number of piperidine rings is 1. The third kappa shape index (κ3) is 5.46. The first-order valence-corrected chi connectivity index (χ1v) is 18.7. The van der Waals surface area contributed by atoms with Gasteiger partial charge in [0.15, 0.2) is 5.82 Å². The first-order valence-electron chi connectivity index (χ1n) is 17.5. The Bertz CT molecular complexity index is 2380. The summed E-state index contributed by atoms with van der Waals surface area (Å²) in [4.78, 5) is 32.5. The average Bonchev–Trinajstić information content (AvgIpc) is 3.89. The van der Waals surface area contributed by atoms with Crippen LogP contribution < -0.4 is 15.4 Å². The first kappa shape index (κ1) is 34.1. The van der Waals surface area contributed by atoms with Crippen LogP contribution in [0.4, 0.5) is 28.8 Å². The lowest BCUT2D eigenvalue weighted by Crippen LogP contribution is -2.65. The van der Waals surface area contributed by atoms with Gasteiger partial charge in [-0.2, -0.15) is 19.9 Å². The van der Waals surface area contributed by atoms with Crippen LogP contribution in [-0.4, -0.2) is 98.1 Å². The van der Waals surface area contributed by atoms with E-state index < -0.39 is 23.3 Å². The Morgan fingerprint density at radius 2 is 2.00 bits per heavy atom. The summed E-state index contributed by atoms with van der Waals surface area (Å²) < 4.78 is 54.4. The van der Waals surface area contributed by atoms with E-state index in [1.807, 2.05) is 6.07 Å². The van der Waals surface area contributed by atoms with Gasteiger partial charge < -0.3 is 20.3 Å². The van der Waals surface area contributed by atoms with Gasteiger partial charge in [-0.15, -0.1) is 16.4 Å². The monoisotopic (exact) mass is 762 g/mol. The maximum atomic E-state index is 17.2. The normalized spacial score (nSPS) is 22.5. The molecule has 17 heteroatoms. The van der Waals surface area contributed by atoms with Crippen LogP contribution in [0.5, 0.6) is 6.01 Å². The van der Waals surface area contributed by atoms with Crippen molar-refractivity contribution in [3.05, 3.63) is 52.6 Å². The lowest BCUT2D eigenvalue weighted by Gasteiger charge is -2.54. The number of fused-ring (bicyclic) bond motifs is 3. The molecule has 4 saturated heterocycles. The highest BCUT2D eigenvalue weighted by molar-refractivity contribution is 7.23. The Labute approximate surface area is 310 Å². The molecule has 5 aromatic rings. The van der Waals surface area contributed by atoms with Gasteiger partial charge >= 0.3 is 12.0 Å². The number of hydrogen-bond donors (Lipinski definition) is 1. The zero-order valence-corrected chi connectivity index (χ0v) is 30.3. The number of hydrogen-bond acceptors (Lipinski definition) is 11. The highest BCUT2D eigenvalue weighted by Crippen LogP contribution is 2.47. The average molecular weight is 763 g/mol. The number of aryl methyl sites for hydroxylation is 1. The minimum Gasteiger partial charge on any atom is -0.461 e. The third-order valence-electron chi connectivity index (χ3n) is 11.4. The number of rotatable bonds is 5. The molecule has 274 valence electrons. The summed E-state index contributed by atoms with van der Waals surface area (Å²) in [6.07, 6.45) is 4.15. The molecule has 4 aliphatic rings. The van der Waals surface area contributed by atoms with Gasteiger partial charge in [0, 0.05) is 60.9 Å². The minimum absolute atomic E-state index is 0.0192. The van der Waals surface area contributed by atoms with E-state index in [4.69, 9.17) is 27.1 Å². The number of likely N-dealkylation sites (tertiary alicyclic amines) is 1. The molecule has 4 aliphatic heterocycles. The van der Waals surface area contributed by atoms with Gasteiger partial charge in [-0.25, -0.2) is 22.9 Å². The number of thiophene rings is 1. The molecular formula is C36H34ClF3N10O2S. The molecular weight excluding hydrogens is 729 g/mol. The van der Waals surface area contributed by atoms with Crippen LogP contribution in [-0.2, 0) is 0 Å². The van der Waals surface area contributed by atoms with Crippen molar-refractivity contribution in [2.24, 2.45) is 5.41 Å². The van der Waals surface area contributed by atoms with E-state index in [1.54, 1.807) is 17.9 Å². The molecule has 12 nitrogen and oxygen atoms in total. The smallest absolute Gasteiger partial charge is 0.346 e. The van der Waals surface area contributed by atoms with Crippen molar-refractivity contribution < 1.29 is 22.7 Å². The molecule has 0 saturated carbocycles. The van der Waals surface area contributed by atoms with Crippen LogP contribution >= 0.6 is 22.9 Å². The van der Waals surface area contributed by atoms with Crippen LogP contribution in [0.1, 0.15) is 43.5 Å². The van der Waals surface area contributed by atoms with Gasteiger partial charge in [-0.3, -0.25) is 4.90 Å². The van der Waals surface area contributed by atoms with Crippen molar-refractivity contribution >= 4 is 60.8 Å². The van der Waals surface area contributed by atoms with Gasteiger partial charge in [0.25, 0.3) is 0 Å². The molecule has 9 rings (SSSR count). The number of aromatic nitrogens is 5. The van der Waals surface area contributed by atoms with E-state index in [1.165, 1.54) is 23.1 Å². The maximum absolute atomic E-state index is 17.2. The number of halogens is 4. The predicted octanol–water partition coefficient (Wildman–Crippen LogP) is 6.32. The second-order valence-corrected chi connectivity index (χ2v) is 16.2. The molecule has 0 radical (unpaired) electrons. The molecule has 0 aliphatic carbocycles. The van der Waals surface area contributed by atoms with Crippen LogP contribution in [0.15, 0.2) is 24.5 Å². The Morgan fingerprint density at radius 3 is 2.77 bits per heavy atom. The number of nitriles is 1. The molecule has 4 fully saturated rings. The van der Waals surface area contributed by atoms with Gasteiger partial charge in [-0.05, 0) is 56.8 Å². The first-order chi connectivity index (χ1) is 25.5.